The first-order valence-corrected chi connectivity index (χ1v) is 8.95. The molecule has 3 aromatic rings. The summed E-state index contributed by atoms with van der Waals surface area (Å²) in [5, 5.41) is 6.93. The number of urea groups is 1. The molecule has 1 N–H and O–H groups in total. The van der Waals surface area contributed by atoms with E-state index in [9.17, 15) is 9.59 Å². The second kappa shape index (κ2) is 6.57. The number of rotatable bonds is 2. The van der Waals surface area contributed by atoms with Crippen LogP contribution in [0.5, 0.6) is 0 Å². The highest BCUT2D eigenvalue weighted by molar-refractivity contribution is 5.92. The number of fused-ring (bicyclic) bond motifs is 1. The van der Waals surface area contributed by atoms with Crippen molar-refractivity contribution in [3.05, 3.63) is 40.4 Å². The van der Waals surface area contributed by atoms with E-state index in [0.717, 1.165) is 23.9 Å². The first kappa shape index (κ1) is 17.3. The normalized spacial score (nSPS) is 17.4. The number of likely N-dealkylation sites (tertiary alicyclic amines) is 1. The Morgan fingerprint density at radius 3 is 2.78 bits per heavy atom. The van der Waals surface area contributed by atoms with E-state index in [-0.39, 0.29) is 17.6 Å². The molecule has 1 aromatic carbocycles. The zero-order chi connectivity index (χ0) is 19.1. The molecule has 1 atom stereocenters. The quantitative estimate of drug-likeness (QED) is 0.744. The van der Waals surface area contributed by atoms with Gasteiger partial charge in [0.25, 0.3) is 0 Å². The van der Waals surface area contributed by atoms with E-state index in [2.05, 4.69) is 15.5 Å². The van der Waals surface area contributed by atoms with Gasteiger partial charge >= 0.3 is 11.7 Å². The maximum absolute atomic E-state index is 12.7. The third-order valence-electron chi connectivity index (χ3n) is 5.14. The fraction of sp³-hybridized carbons (Fsp3) is 0.444. The first-order chi connectivity index (χ1) is 12.9. The van der Waals surface area contributed by atoms with E-state index in [1.807, 2.05) is 18.2 Å². The number of benzene rings is 1. The molecule has 4 rings (SSSR count). The molecule has 9 nitrogen and oxygen atoms in total. The number of hydrogen-bond acceptors (Lipinski definition) is 5. The monoisotopic (exact) mass is 370 g/mol. The number of carbonyl (C=O) groups is 1. The zero-order valence-electron chi connectivity index (χ0n) is 15.6. The second-order valence-electron chi connectivity index (χ2n) is 6.99. The number of nitrogens with zero attached hydrogens (tertiary/aromatic N) is 5. The number of nitrogens with one attached hydrogen (secondary N) is 1. The smallest absolute Gasteiger partial charge is 0.328 e. The summed E-state index contributed by atoms with van der Waals surface area (Å²) in [5.41, 5.74) is 2.17. The largest absolute Gasteiger partial charge is 0.340 e. The molecule has 1 aliphatic rings. The summed E-state index contributed by atoms with van der Waals surface area (Å²) in [4.78, 5) is 30.8. The second-order valence-corrected chi connectivity index (χ2v) is 6.99. The molecule has 0 spiro atoms. The van der Waals surface area contributed by atoms with Crippen LogP contribution in [-0.2, 0) is 14.1 Å². The summed E-state index contributed by atoms with van der Waals surface area (Å²) in [7, 11) is 3.45. The van der Waals surface area contributed by atoms with Crippen LogP contribution < -0.4 is 11.0 Å². The molecule has 142 valence electrons. The highest BCUT2D eigenvalue weighted by atomic mass is 16.5. The van der Waals surface area contributed by atoms with Crippen molar-refractivity contribution in [1.29, 1.82) is 0 Å². The van der Waals surface area contributed by atoms with Crippen molar-refractivity contribution < 1.29 is 9.32 Å². The topological polar surface area (TPSA) is 98.2 Å². The minimum Gasteiger partial charge on any atom is -0.340 e. The zero-order valence-corrected chi connectivity index (χ0v) is 15.6. The number of anilines is 1. The van der Waals surface area contributed by atoms with Crippen molar-refractivity contribution in [2.75, 3.05) is 18.4 Å². The number of amides is 2. The molecule has 2 aromatic heterocycles. The third-order valence-corrected chi connectivity index (χ3v) is 5.14. The van der Waals surface area contributed by atoms with Crippen LogP contribution >= 0.6 is 0 Å². The number of hydrogen-bond donors (Lipinski definition) is 1. The summed E-state index contributed by atoms with van der Waals surface area (Å²) >= 11 is 0. The molecule has 2 amide bonds. The van der Waals surface area contributed by atoms with Crippen LogP contribution in [0.2, 0.25) is 0 Å². The summed E-state index contributed by atoms with van der Waals surface area (Å²) in [6.45, 7) is 3.00. The van der Waals surface area contributed by atoms with E-state index in [4.69, 9.17) is 4.52 Å². The van der Waals surface area contributed by atoms with Gasteiger partial charge in [0.2, 0.25) is 5.89 Å². The van der Waals surface area contributed by atoms with Crippen molar-refractivity contribution in [2.45, 2.75) is 25.7 Å². The molecule has 9 heteroatoms. The van der Waals surface area contributed by atoms with Crippen molar-refractivity contribution in [3.63, 3.8) is 0 Å². The van der Waals surface area contributed by atoms with Crippen LogP contribution in [0.4, 0.5) is 10.5 Å². The van der Waals surface area contributed by atoms with Crippen molar-refractivity contribution in [2.24, 2.45) is 14.1 Å². The standard InChI is InChI=1S/C18H22N6O3/c1-11-19-16(21-27-11)12-5-4-8-24(10-12)17(25)20-13-6-7-14-15(9-13)23(3)18(26)22(14)2/h6-7,9,12H,4-5,8,10H2,1-3H3,(H,20,25)/t12-/m1/s1. The van der Waals surface area contributed by atoms with Crippen LogP contribution in [0.25, 0.3) is 11.0 Å². The number of piperidine rings is 1. The first-order valence-electron chi connectivity index (χ1n) is 8.95. The molecular formula is C18H22N6O3. The minimum atomic E-state index is -0.166. The maximum Gasteiger partial charge on any atom is 0.328 e. The number of aromatic nitrogens is 4. The predicted molar refractivity (Wildman–Crippen MR) is 99.8 cm³/mol. The molecule has 0 radical (unpaired) electrons. The summed E-state index contributed by atoms with van der Waals surface area (Å²) < 4.78 is 8.22. The van der Waals surface area contributed by atoms with Gasteiger partial charge in [0, 0.05) is 45.7 Å². The lowest BCUT2D eigenvalue weighted by molar-refractivity contribution is 0.190. The summed E-state index contributed by atoms with van der Waals surface area (Å²) in [6.07, 6.45) is 1.82. The summed E-state index contributed by atoms with van der Waals surface area (Å²) in [6, 6.07) is 5.30. The Balaban J connectivity index is 1.51. The van der Waals surface area contributed by atoms with Crippen LogP contribution in [0.1, 0.15) is 30.5 Å². The molecular weight excluding hydrogens is 348 g/mol. The van der Waals surface area contributed by atoms with Crippen molar-refractivity contribution >= 4 is 22.8 Å². The van der Waals surface area contributed by atoms with E-state index in [1.54, 1.807) is 35.1 Å². The number of imidazole rings is 1. The number of carbonyl (C=O) groups excluding carboxylic acids is 1. The van der Waals surface area contributed by atoms with Crippen molar-refractivity contribution in [3.8, 4) is 0 Å². The summed E-state index contributed by atoms with van der Waals surface area (Å²) in [5.74, 6) is 1.28. The van der Waals surface area contributed by atoms with E-state index in [0.29, 0.717) is 30.5 Å². The average Bonchev–Trinajstić information content (AvgIpc) is 3.20. The van der Waals surface area contributed by atoms with Gasteiger partial charge in [-0.2, -0.15) is 4.98 Å². The molecule has 27 heavy (non-hydrogen) atoms. The van der Waals surface area contributed by atoms with Gasteiger partial charge < -0.3 is 14.7 Å². The Labute approximate surface area is 155 Å². The van der Waals surface area contributed by atoms with Crippen LogP contribution in [0, 0.1) is 6.92 Å². The molecule has 0 unspecified atom stereocenters. The lowest BCUT2D eigenvalue weighted by Crippen LogP contribution is -2.41. The maximum atomic E-state index is 12.7. The highest BCUT2D eigenvalue weighted by Gasteiger charge is 2.27. The van der Waals surface area contributed by atoms with Crippen LogP contribution in [-0.4, -0.2) is 43.3 Å². The van der Waals surface area contributed by atoms with Gasteiger partial charge in [-0.15, -0.1) is 0 Å². The van der Waals surface area contributed by atoms with E-state index in [1.165, 1.54) is 0 Å². The fourth-order valence-electron chi connectivity index (χ4n) is 3.64. The lowest BCUT2D eigenvalue weighted by atomic mass is 9.98. The Morgan fingerprint density at radius 2 is 2.04 bits per heavy atom. The number of aryl methyl sites for hydroxylation is 3. The Bertz CT molecular complexity index is 1060. The fourth-order valence-corrected chi connectivity index (χ4v) is 3.64. The molecule has 1 fully saturated rings. The predicted octanol–water partition coefficient (Wildman–Crippen LogP) is 1.98. The SMILES string of the molecule is Cc1nc([C@@H]2CCCN(C(=O)Nc3ccc4c(c3)n(C)c(=O)n4C)C2)no1. The molecule has 0 aliphatic carbocycles. The van der Waals surface area contributed by atoms with Crippen LogP contribution in [0.15, 0.2) is 27.5 Å². The van der Waals surface area contributed by atoms with Crippen LogP contribution in [0.3, 0.4) is 0 Å². The molecule has 0 saturated carbocycles. The van der Waals surface area contributed by atoms with Crippen molar-refractivity contribution in [1.82, 2.24) is 24.2 Å². The minimum absolute atomic E-state index is 0.0828. The molecule has 1 saturated heterocycles. The Hall–Kier alpha value is -3.10. The van der Waals surface area contributed by atoms with Gasteiger partial charge in [0.15, 0.2) is 5.82 Å². The highest BCUT2D eigenvalue weighted by Crippen LogP contribution is 2.25. The lowest BCUT2D eigenvalue weighted by Gasteiger charge is -2.31. The molecule has 0 bridgehead atoms. The average molecular weight is 370 g/mol. The molecule has 1 aliphatic heterocycles. The van der Waals surface area contributed by atoms with E-state index < -0.39 is 0 Å². The van der Waals surface area contributed by atoms with Gasteiger partial charge in [-0.25, -0.2) is 9.59 Å². The van der Waals surface area contributed by atoms with Gasteiger partial charge in [0.1, 0.15) is 0 Å². The van der Waals surface area contributed by atoms with Gasteiger partial charge in [0.05, 0.1) is 11.0 Å². The van der Waals surface area contributed by atoms with Gasteiger partial charge in [-0.05, 0) is 31.0 Å². The van der Waals surface area contributed by atoms with Gasteiger partial charge in [-0.1, -0.05) is 5.16 Å². The Morgan fingerprint density at radius 1 is 1.26 bits per heavy atom. The van der Waals surface area contributed by atoms with Gasteiger partial charge in [-0.3, -0.25) is 9.13 Å². The molecule has 3 heterocycles. The third kappa shape index (κ3) is 3.09. The Kier molecular flexibility index (Phi) is 4.21. The van der Waals surface area contributed by atoms with E-state index >= 15 is 0 Å².